The van der Waals surface area contributed by atoms with Gasteiger partial charge in [0.15, 0.2) is 6.10 Å². The normalized spacial score (nSPS) is 28.7. The van der Waals surface area contributed by atoms with Crippen molar-refractivity contribution in [1.82, 2.24) is 0 Å². The smallest absolute Gasteiger partial charge is 0.405 e. The zero-order valence-corrected chi connectivity index (χ0v) is 26.6. The predicted octanol–water partition coefficient (Wildman–Crippen LogP) is 5.10. The van der Waals surface area contributed by atoms with E-state index >= 15 is 0 Å². The molecule has 0 spiro atoms. The van der Waals surface area contributed by atoms with Crippen molar-refractivity contribution >= 4 is 30.1 Å². The maximum Gasteiger partial charge on any atom is 0.405 e. The first-order valence-corrected chi connectivity index (χ1v) is 14.1. The summed E-state index contributed by atoms with van der Waals surface area (Å²) in [5, 5.41) is 36.1. The van der Waals surface area contributed by atoms with Gasteiger partial charge in [-0.15, -0.1) is 19.0 Å². The molecule has 0 radical (unpaired) electrons. The summed E-state index contributed by atoms with van der Waals surface area (Å²) in [5.41, 5.74) is 7.44. The van der Waals surface area contributed by atoms with Crippen LogP contribution in [0.25, 0.3) is 0 Å². The number of nitrogens with one attached hydrogen (secondary N) is 1. The van der Waals surface area contributed by atoms with Gasteiger partial charge in [0.25, 0.3) is 5.91 Å². The number of carbonyl (C=O) groups excluding carboxylic acids is 2. The summed E-state index contributed by atoms with van der Waals surface area (Å²) in [7, 11) is 2.97. The number of carbonyl (C=O) groups is 2. The van der Waals surface area contributed by atoms with Gasteiger partial charge in [0.2, 0.25) is 0 Å². The van der Waals surface area contributed by atoms with Crippen molar-refractivity contribution in [2.45, 2.75) is 77.8 Å². The topological polar surface area (TPSA) is 161 Å². The van der Waals surface area contributed by atoms with E-state index in [1.165, 1.54) is 20.3 Å². The number of anilines is 1. The van der Waals surface area contributed by atoms with Crippen LogP contribution in [0.4, 0.5) is 10.5 Å². The van der Waals surface area contributed by atoms with E-state index in [1.54, 1.807) is 44.2 Å². The lowest BCUT2D eigenvalue weighted by atomic mass is 9.86. The monoisotopic (exact) mass is 622 g/mol. The average Bonchev–Trinajstić information content (AvgIpc) is 2.94. The number of allylic oxidation sites excluding steroid dienone is 3. The summed E-state index contributed by atoms with van der Waals surface area (Å²) >= 11 is 0. The summed E-state index contributed by atoms with van der Waals surface area (Å²) < 4.78 is 16.6. The average molecular weight is 623 g/mol. The Morgan fingerprint density at radius 1 is 1.21 bits per heavy atom. The Hall–Kier alpha value is -3.31. The van der Waals surface area contributed by atoms with Gasteiger partial charge < -0.3 is 40.6 Å². The predicted molar refractivity (Wildman–Crippen MR) is 170 cm³/mol. The highest BCUT2D eigenvalue weighted by Gasteiger charge is 2.30. The van der Waals surface area contributed by atoms with E-state index < -0.39 is 42.3 Å². The number of benzene rings is 1. The van der Waals surface area contributed by atoms with Crippen molar-refractivity contribution in [2.24, 2.45) is 17.6 Å². The molecule has 2 rings (SSSR count). The first kappa shape index (κ1) is 37.7. The second-order valence-corrected chi connectivity index (χ2v) is 10.9. The van der Waals surface area contributed by atoms with Crippen LogP contribution in [0, 0.1) is 11.8 Å². The number of halogens is 1. The number of nitrogens with two attached hydrogens (primary N) is 1. The number of hydrogen-bond donors (Lipinski definition) is 5. The van der Waals surface area contributed by atoms with Gasteiger partial charge in [-0.3, -0.25) is 4.79 Å². The molecule has 0 fully saturated rings. The maximum absolute atomic E-state index is 13.0. The Morgan fingerprint density at radius 2 is 1.88 bits per heavy atom. The fourth-order valence-corrected chi connectivity index (χ4v) is 5.20. The standard InChI is InChI=1S/C32H46N2O8.ClH/c1-8-9-12-22-23-14-18(2)15-27(41-7)28(36)20(4)16-21(5)30(42-32(33)39)26(40-6)13-10-11-19(3)31(38)34-24(29(23)37)17-25(22)35;/h8,10-11,13,16-18,20,26-28,30,35-37H,1,9,12,14-15H2,2-7H3,(H2,33,39)(H,34,38);1H/b13-10-,19-11+,21-16+;/t18?,20-,26-,27-,28+,30-;/m0./s1. The number of phenols is 2. The Balaban J connectivity index is 0.00000924. The highest BCUT2D eigenvalue weighted by molar-refractivity contribution is 6.04. The maximum atomic E-state index is 13.0. The van der Waals surface area contributed by atoms with Crippen LogP contribution >= 0.6 is 12.4 Å². The summed E-state index contributed by atoms with van der Waals surface area (Å²) in [6, 6.07) is 1.34. The number of fused-ring (bicyclic) bond motifs is 2. The minimum atomic E-state index is -0.984. The molecule has 1 heterocycles. The van der Waals surface area contributed by atoms with Crippen molar-refractivity contribution in [3.63, 3.8) is 0 Å². The number of aliphatic hydroxyl groups is 1. The third-order valence-electron chi connectivity index (χ3n) is 7.55. The molecule has 0 saturated heterocycles. The van der Waals surface area contributed by atoms with Crippen molar-refractivity contribution < 1.29 is 39.1 Å². The number of aromatic hydroxyl groups is 2. The molecule has 0 aromatic heterocycles. The first-order chi connectivity index (χ1) is 19.8. The molecular weight excluding hydrogens is 576 g/mol. The summed E-state index contributed by atoms with van der Waals surface area (Å²) in [6.07, 6.45) is 5.97. The Bertz CT molecular complexity index is 1210. The first-order valence-electron chi connectivity index (χ1n) is 14.1. The lowest BCUT2D eigenvalue weighted by Crippen LogP contribution is -2.37. The molecule has 1 aromatic carbocycles. The van der Waals surface area contributed by atoms with Crippen molar-refractivity contribution in [3.05, 3.63) is 65.3 Å². The second-order valence-electron chi connectivity index (χ2n) is 10.9. The Kier molecular flexibility index (Phi) is 15.5. The van der Waals surface area contributed by atoms with Crippen LogP contribution in [0.3, 0.4) is 0 Å². The molecule has 1 aliphatic heterocycles. The number of phenolic OH excluding ortho intramolecular Hbond substituents is 2. The highest BCUT2D eigenvalue weighted by atomic mass is 35.5. The van der Waals surface area contributed by atoms with Crippen LogP contribution in [0.2, 0.25) is 0 Å². The number of ether oxygens (including phenoxy) is 3. The van der Waals surface area contributed by atoms with Gasteiger partial charge in [-0.25, -0.2) is 4.79 Å². The number of methoxy groups -OCH3 is 2. The number of hydrogen-bond acceptors (Lipinski definition) is 8. The molecule has 10 nitrogen and oxygen atoms in total. The van der Waals surface area contributed by atoms with Gasteiger partial charge in [0.1, 0.15) is 17.6 Å². The zero-order valence-electron chi connectivity index (χ0n) is 25.8. The van der Waals surface area contributed by atoms with Crippen molar-refractivity contribution in [3.8, 4) is 11.5 Å². The SMILES string of the molecule is C=CCCc1c(O)cc2c(O)c1CC(C)C[C@H](OC)[C@H](O)[C@@H](C)/C=C(\C)[C@H](OC(N)=O)[C@@H](OC)/C=C\C=C(/C)C(=O)N2.Cl. The molecule has 2 amide bonds. The molecular formula is C32H47ClN2O8. The van der Waals surface area contributed by atoms with E-state index in [0.717, 1.165) is 0 Å². The number of primary amides is 1. The summed E-state index contributed by atoms with van der Waals surface area (Å²) in [5.74, 6) is -1.16. The van der Waals surface area contributed by atoms with Crippen LogP contribution in [-0.4, -0.2) is 66.0 Å². The van der Waals surface area contributed by atoms with Gasteiger partial charge in [0, 0.05) is 42.9 Å². The Morgan fingerprint density at radius 3 is 2.47 bits per heavy atom. The van der Waals surface area contributed by atoms with Crippen LogP contribution in [0.5, 0.6) is 11.5 Å². The van der Waals surface area contributed by atoms with Gasteiger partial charge in [-0.05, 0) is 51.0 Å². The van der Waals surface area contributed by atoms with E-state index in [9.17, 15) is 24.9 Å². The molecule has 1 unspecified atom stereocenters. The third kappa shape index (κ3) is 10.4. The highest BCUT2D eigenvalue weighted by Crippen LogP contribution is 2.40. The van der Waals surface area contributed by atoms with Gasteiger partial charge in [-0.1, -0.05) is 44.2 Å². The molecule has 1 aliphatic rings. The molecule has 240 valence electrons. The minimum Gasteiger partial charge on any atom is -0.508 e. The van der Waals surface area contributed by atoms with E-state index in [2.05, 4.69) is 11.9 Å². The second kappa shape index (κ2) is 17.7. The molecule has 6 N–H and O–H groups in total. The van der Waals surface area contributed by atoms with E-state index in [-0.39, 0.29) is 35.5 Å². The lowest BCUT2D eigenvalue weighted by Gasteiger charge is -2.29. The molecule has 11 heteroatoms. The van der Waals surface area contributed by atoms with Crippen LogP contribution in [0.1, 0.15) is 51.7 Å². The van der Waals surface area contributed by atoms with Crippen molar-refractivity contribution in [1.29, 1.82) is 0 Å². The summed E-state index contributed by atoms with van der Waals surface area (Å²) in [4.78, 5) is 24.8. The van der Waals surface area contributed by atoms with E-state index in [1.807, 2.05) is 13.8 Å². The fourth-order valence-electron chi connectivity index (χ4n) is 5.20. The van der Waals surface area contributed by atoms with Gasteiger partial charge in [-0.2, -0.15) is 0 Å². The van der Waals surface area contributed by atoms with Crippen LogP contribution in [-0.2, 0) is 31.8 Å². The largest absolute Gasteiger partial charge is 0.508 e. The van der Waals surface area contributed by atoms with Gasteiger partial charge >= 0.3 is 6.09 Å². The molecule has 43 heavy (non-hydrogen) atoms. The molecule has 1 aromatic rings. The quantitative estimate of drug-likeness (QED) is 0.166. The minimum absolute atomic E-state index is 0. The zero-order chi connectivity index (χ0) is 31.6. The lowest BCUT2D eigenvalue weighted by molar-refractivity contribution is -0.112. The molecule has 0 saturated carbocycles. The number of aliphatic hydroxyl groups excluding tert-OH is 1. The molecule has 2 bridgehead atoms. The summed E-state index contributed by atoms with van der Waals surface area (Å²) in [6.45, 7) is 10.9. The van der Waals surface area contributed by atoms with Crippen molar-refractivity contribution in [2.75, 3.05) is 19.5 Å². The fraction of sp³-hybridized carbons (Fsp3) is 0.500. The van der Waals surface area contributed by atoms with E-state index in [4.69, 9.17) is 19.9 Å². The van der Waals surface area contributed by atoms with E-state index in [0.29, 0.717) is 48.0 Å². The molecule has 0 aliphatic carbocycles. The Labute approximate surface area is 260 Å². The number of amides is 2. The third-order valence-corrected chi connectivity index (χ3v) is 7.55. The number of rotatable bonds is 6. The van der Waals surface area contributed by atoms with Crippen LogP contribution in [0.15, 0.2) is 54.2 Å². The van der Waals surface area contributed by atoms with Gasteiger partial charge in [0.05, 0.1) is 17.9 Å². The molecule has 6 atom stereocenters. The van der Waals surface area contributed by atoms with Crippen LogP contribution < -0.4 is 11.1 Å².